The molecular formula is C11H13N3OS2. The monoisotopic (exact) mass is 267 g/mol. The van der Waals surface area contributed by atoms with Crippen molar-refractivity contribution in [2.45, 2.75) is 11.5 Å². The fourth-order valence-corrected chi connectivity index (χ4v) is 2.44. The quantitative estimate of drug-likeness (QED) is 0.844. The van der Waals surface area contributed by atoms with Crippen molar-refractivity contribution in [2.24, 2.45) is 0 Å². The second-order valence-electron chi connectivity index (χ2n) is 3.24. The highest BCUT2D eigenvalue weighted by molar-refractivity contribution is 7.98. The Hall–Kier alpha value is -1.27. The van der Waals surface area contributed by atoms with Gasteiger partial charge in [0, 0.05) is 23.5 Å². The highest BCUT2D eigenvalue weighted by atomic mass is 32.2. The lowest BCUT2D eigenvalue weighted by Crippen LogP contribution is -2.00. The van der Waals surface area contributed by atoms with Crippen LogP contribution in [0.2, 0.25) is 0 Å². The summed E-state index contributed by atoms with van der Waals surface area (Å²) in [6.45, 7) is 0.435. The highest BCUT2D eigenvalue weighted by Gasteiger charge is 2.08. The first-order valence-electron chi connectivity index (χ1n) is 5.10. The third kappa shape index (κ3) is 2.89. The molecule has 0 unspecified atom stereocenters. The van der Waals surface area contributed by atoms with E-state index in [0.717, 1.165) is 21.3 Å². The van der Waals surface area contributed by atoms with Gasteiger partial charge < -0.3 is 10.1 Å². The van der Waals surface area contributed by atoms with Crippen molar-refractivity contribution < 1.29 is 4.74 Å². The SMILES string of the molecule is CNc1snnc1COc1ccccc1SC. The standard InChI is InChI=1S/C11H13N3OS2/c1-12-11-8(13-14-17-11)7-15-9-5-3-4-6-10(9)16-2/h3-6,12H,7H2,1-2H3. The molecule has 0 amide bonds. The van der Waals surface area contributed by atoms with Crippen LogP contribution in [0.25, 0.3) is 0 Å². The molecule has 6 heteroatoms. The van der Waals surface area contributed by atoms with Crippen LogP contribution in [0.5, 0.6) is 5.75 Å². The summed E-state index contributed by atoms with van der Waals surface area (Å²) >= 11 is 3.01. The van der Waals surface area contributed by atoms with E-state index in [1.54, 1.807) is 11.8 Å². The molecule has 17 heavy (non-hydrogen) atoms. The van der Waals surface area contributed by atoms with Crippen molar-refractivity contribution in [2.75, 3.05) is 18.6 Å². The summed E-state index contributed by atoms with van der Waals surface area (Å²) in [7, 11) is 1.86. The molecular weight excluding hydrogens is 254 g/mol. The number of nitrogens with zero attached hydrogens (tertiary/aromatic N) is 2. The van der Waals surface area contributed by atoms with Crippen LogP contribution in [0.15, 0.2) is 29.2 Å². The summed E-state index contributed by atoms with van der Waals surface area (Å²) < 4.78 is 9.65. The van der Waals surface area contributed by atoms with E-state index >= 15 is 0 Å². The topological polar surface area (TPSA) is 47.0 Å². The van der Waals surface area contributed by atoms with Gasteiger partial charge in [0.1, 0.15) is 23.1 Å². The zero-order chi connectivity index (χ0) is 12.1. The minimum atomic E-state index is 0.435. The van der Waals surface area contributed by atoms with Gasteiger partial charge in [0.25, 0.3) is 0 Å². The largest absolute Gasteiger partial charge is 0.486 e. The van der Waals surface area contributed by atoms with E-state index in [2.05, 4.69) is 14.9 Å². The second kappa shape index (κ2) is 5.88. The van der Waals surface area contributed by atoms with E-state index in [9.17, 15) is 0 Å². The first-order chi connectivity index (χ1) is 8.35. The summed E-state index contributed by atoms with van der Waals surface area (Å²) in [5.41, 5.74) is 0.841. The molecule has 1 aromatic carbocycles. The van der Waals surface area contributed by atoms with E-state index in [0.29, 0.717) is 6.61 Å². The first-order valence-corrected chi connectivity index (χ1v) is 7.09. The lowest BCUT2D eigenvalue weighted by molar-refractivity contribution is 0.294. The molecule has 90 valence electrons. The van der Waals surface area contributed by atoms with Gasteiger partial charge in [-0.25, -0.2) is 0 Å². The van der Waals surface area contributed by atoms with Crippen LogP contribution < -0.4 is 10.1 Å². The van der Waals surface area contributed by atoms with E-state index in [1.165, 1.54) is 11.5 Å². The summed E-state index contributed by atoms with van der Waals surface area (Å²) in [4.78, 5) is 1.13. The Labute approximate surface area is 109 Å². The van der Waals surface area contributed by atoms with Crippen LogP contribution in [-0.2, 0) is 6.61 Å². The lowest BCUT2D eigenvalue weighted by Gasteiger charge is -2.08. The molecule has 1 heterocycles. The smallest absolute Gasteiger partial charge is 0.136 e. The number of hydrogen-bond donors (Lipinski definition) is 1. The fourth-order valence-electron chi connectivity index (χ4n) is 1.38. The third-order valence-electron chi connectivity index (χ3n) is 2.22. The van der Waals surface area contributed by atoms with Crippen LogP contribution >= 0.6 is 23.3 Å². The fraction of sp³-hybridized carbons (Fsp3) is 0.273. The second-order valence-corrected chi connectivity index (χ2v) is 4.84. The Balaban J connectivity index is 2.07. The molecule has 4 nitrogen and oxygen atoms in total. The minimum Gasteiger partial charge on any atom is -0.486 e. The van der Waals surface area contributed by atoms with Crippen molar-refractivity contribution in [1.82, 2.24) is 9.59 Å². The van der Waals surface area contributed by atoms with E-state index in [-0.39, 0.29) is 0 Å². The number of nitrogens with one attached hydrogen (secondary N) is 1. The van der Waals surface area contributed by atoms with Gasteiger partial charge in [-0.3, -0.25) is 0 Å². The van der Waals surface area contributed by atoms with Gasteiger partial charge in [-0.1, -0.05) is 16.6 Å². The van der Waals surface area contributed by atoms with E-state index in [4.69, 9.17) is 4.74 Å². The first kappa shape index (κ1) is 12.2. The van der Waals surface area contributed by atoms with Crippen molar-refractivity contribution in [3.05, 3.63) is 30.0 Å². The Morgan fingerprint density at radius 1 is 1.41 bits per heavy atom. The van der Waals surface area contributed by atoms with Gasteiger partial charge in [0.15, 0.2) is 0 Å². The minimum absolute atomic E-state index is 0.435. The van der Waals surface area contributed by atoms with Crippen molar-refractivity contribution in [1.29, 1.82) is 0 Å². The number of para-hydroxylation sites is 1. The summed E-state index contributed by atoms with van der Waals surface area (Å²) in [5.74, 6) is 0.884. The van der Waals surface area contributed by atoms with Crippen LogP contribution in [0.4, 0.5) is 5.00 Å². The number of rotatable bonds is 5. The molecule has 0 aliphatic carbocycles. The predicted octanol–water partition coefficient (Wildman–Crippen LogP) is 2.88. The summed E-state index contributed by atoms with van der Waals surface area (Å²) in [6, 6.07) is 7.97. The zero-order valence-electron chi connectivity index (χ0n) is 9.64. The van der Waals surface area contributed by atoms with Crippen molar-refractivity contribution in [3.63, 3.8) is 0 Å². The van der Waals surface area contributed by atoms with E-state index < -0.39 is 0 Å². The predicted molar refractivity (Wildman–Crippen MR) is 72.0 cm³/mol. The van der Waals surface area contributed by atoms with Crippen LogP contribution in [-0.4, -0.2) is 22.9 Å². The third-order valence-corrected chi connectivity index (χ3v) is 3.78. The molecule has 0 spiro atoms. The van der Waals surface area contributed by atoms with Crippen molar-refractivity contribution in [3.8, 4) is 5.75 Å². The molecule has 0 saturated heterocycles. The number of thioether (sulfide) groups is 1. The number of anilines is 1. The molecule has 0 bridgehead atoms. The summed E-state index contributed by atoms with van der Waals surface area (Å²) in [5, 5.41) is 8.03. The van der Waals surface area contributed by atoms with Crippen LogP contribution in [0.1, 0.15) is 5.69 Å². The molecule has 0 fully saturated rings. The normalized spacial score (nSPS) is 10.2. The molecule has 0 radical (unpaired) electrons. The van der Waals surface area contributed by atoms with Gasteiger partial charge >= 0.3 is 0 Å². The highest BCUT2D eigenvalue weighted by Crippen LogP contribution is 2.28. The van der Waals surface area contributed by atoms with Gasteiger partial charge in [-0.15, -0.1) is 16.9 Å². The lowest BCUT2D eigenvalue weighted by atomic mass is 10.3. The maximum Gasteiger partial charge on any atom is 0.136 e. The molecule has 0 saturated carbocycles. The molecule has 2 aromatic rings. The van der Waals surface area contributed by atoms with Crippen LogP contribution in [0, 0.1) is 0 Å². The zero-order valence-corrected chi connectivity index (χ0v) is 11.3. The Morgan fingerprint density at radius 2 is 2.24 bits per heavy atom. The van der Waals surface area contributed by atoms with Gasteiger partial charge in [-0.2, -0.15) is 0 Å². The van der Waals surface area contributed by atoms with Crippen molar-refractivity contribution >= 4 is 28.3 Å². The maximum atomic E-state index is 5.76. The molecule has 1 N–H and O–H groups in total. The number of benzene rings is 1. The summed E-state index contributed by atoms with van der Waals surface area (Å²) in [6.07, 6.45) is 2.03. The molecule has 0 atom stereocenters. The average molecular weight is 267 g/mol. The molecule has 1 aromatic heterocycles. The molecule has 0 aliphatic rings. The average Bonchev–Trinajstić information content (AvgIpc) is 2.84. The van der Waals surface area contributed by atoms with E-state index in [1.807, 2.05) is 37.6 Å². The van der Waals surface area contributed by atoms with Gasteiger partial charge in [-0.05, 0) is 18.4 Å². The molecule has 2 rings (SSSR count). The van der Waals surface area contributed by atoms with Gasteiger partial charge in [0.05, 0.1) is 0 Å². The number of aromatic nitrogens is 2. The molecule has 0 aliphatic heterocycles. The Bertz CT molecular complexity index is 487. The maximum absolute atomic E-state index is 5.76. The Morgan fingerprint density at radius 3 is 3.00 bits per heavy atom. The number of ether oxygens (including phenoxy) is 1. The van der Waals surface area contributed by atoms with Crippen LogP contribution in [0.3, 0.4) is 0 Å². The Kier molecular flexibility index (Phi) is 4.22. The van der Waals surface area contributed by atoms with Gasteiger partial charge in [0.2, 0.25) is 0 Å². The number of hydrogen-bond acceptors (Lipinski definition) is 6.